The summed E-state index contributed by atoms with van der Waals surface area (Å²) in [4.78, 5) is 40.2. The van der Waals surface area contributed by atoms with Gasteiger partial charge in [-0.15, -0.1) is 0 Å². The zero-order chi connectivity index (χ0) is 42.3. The Hall–Kier alpha value is -5.13. The number of hydrogen-bond donors (Lipinski definition) is 5. The third-order valence-corrected chi connectivity index (χ3v) is 14.3. The van der Waals surface area contributed by atoms with E-state index in [1.807, 2.05) is 6.08 Å². The first kappa shape index (κ1) is 42.0. The predicted molar refractivity (Wildman–Crippen MR) is 214 cm³/mol. The van der Waals surface area contributed by atoms with Crippen molar-refractivity contribution < 1.29 is 52.7 Å². The number of ether oxygens (including phenoxy) is 2. The molecule has 4 fully saturated rings. The van der Waals surface area contributed by atoms with E-state index in [1.54, 1.807) is 24.3 Å². The molecule has 4 aliphatic carbocycles. The van der Waals surface area contributed by atoms with Crippen LogP contribution in [0.2, 0.25) is 0 Å². The summed E-state index contributed by atoms with van der Waals surface area (Å²) in [6, 6.07) is 14.3. The SMILES string of the molecule is CCC[C@@H]1O[C@@H]2C[C@H]3[C@@H]4CCC5=CC(=O)C=C[C@]5(C)[C@H]4[C@@H](O)C[C@]3(C)[C@]2(C(=O)CO)O1.O=C(O)c1cc(N=Nc2ccc(S(=O)(=O)Nc3ccccn3)cc2)ccc1O. The zero-order valence-electron chi connectivity index (χ0n) is 32.9. The van der Waals surface area contributed by atoms with E-state index in [0.29, 0.717) is 24.9 Å². The number of aliphatic hydroxyl groups excluding tert-OH is 2. The Bertz CT molecular complexity index is 2320. The van der Waals surface area contributed by atoms with Gasteiger partial charge >= 0.3 is 5.97 Å². The van der Waals surface area contributed by atoms with Gasteiger partial charge in [0.05, 0.1) is 28.5 Å². The monoisotopic (exact) mass is 828 g/mol. The molecule has 0 unspecified atom stereocenters. The van der Waals surface area contributed by atoms with Gasteiger partial charge < -0.3 is 29.9 Å². The van der Waals surface area contributed by atoms with Gasteiger partial charge in [0.2, 0.25) is 0 Å². The number of aromatic nitrogens is 1. The molecule has 2 heterocycles. The number of pyridine rings is 1. The Morgan fingerprint density at radius 2 is 1.78 bits per heavy atom. The number of ketones is 2. The number of nitrogens with one attached hydrogen (secondary N) is 1. The fourth-order valence-corrected chi connectivity index (χ4v) is 11.3. The third-order valence-electron chi connectivity index (χ3n) is 12.9. The number of nitrogens with zero attached hydrogens (tertiary/aromatic N) is 3. The molecular formula is C43H48N4O11S. The molecule has 3 aromatic rings. The number of Topliss-reactive ketones (excluding diaryl/α,β-unsaturated/α-hetero) is 1. The lowest BCUT2D eigenvalue weighted by Gasteiger charge is -2.59. The predicted octanol–water partition coefficient (Wildman–Crippen LogP) is 6.42. The van der Waals surface area contributed by atoms with Crippen LogP contribution in [0.15, 0.2) is 106 Å². The number of rotatable bonds is 10. The number of benzene rings is 2. The van der Waals surface area contributed by atoms with Crippen LogP contribution in [0.1, 0.15) is 69.7 Å². The Balaban J connectivity index is 0.000000180. The minimum absolute atomic E-state index is 0.0125. The van der Waals surface area contributed by atoms with Gasteiger partial charge in [-0.25, -0.2) is 18.2 Å². The molecule has 9 atom stereocenters. The van der Waals surface area contributed by atoms with Crippen molar-refractivity contribution in [3.63, 3.8) is 0 Å². The van der Waals surface area contributed by atoms with E-state index in [0.717, 1.165) is 24.8 Å². The average molecular weight is 829 g/mol. The van der Waals surface area contributed by atoms with Crippen molar-refractivity contribution in [3.8, 4) is 5.75 Å². The molecule has 59 heavy (non-hydrogen) atoms. The summed E-state index contributed by atoms with van der Waals surface area (Å²) in [5.74, 6) is -1.43. The molecule has 0 radical (unpaired) electrons. The molecule has 5 aliphatic rings. The van der Waals surface area contributed by atoms with Crippen molar-refractivity contribution in [3.05, 3.63) is 96.2 Å². The maximum Gasteiger partial charge on any atom is 0.339 e. The van der Waals surface area contributed by atoms with Gasteiger partial charge in [0, 0.05) is 22.9 Å². The summed E-state index contributed by atoms with van der Waals surface area (Å²) in [6.07, 6.45) is 9.79. The van der Waals surface area contributed by atoms with E-state index in [1.165, 1.54) is 54.7 Å². The molecule has 5 N–H and O–H groups in total. The molecule has 0 bridgehead atoms. The molecule has 1 aromatic heterocycles. The summed E-state index contributed by atoms with van der Waals surface area (Å²) < 4.78 is 39.7. The Labute approximate surface area is 341 Å². The van der Waals surface area contributed by atoms with Crippen LogP contribution in [-0.4, -0.2) is 82.1 Å². The third kappa shape index (κ3) is 7.52. The van der Waals surface area contributed by atoms with Crippen LogP contribution >= 0.6 is 0 Å². The van der Waals surface area contributed by atoms with Crippen LogP contribution in [0.3, 0.4) is 0 Å². The molecule has 16 heteroatoms. The molecule has 1 aliphatic heterocycles. The first-order valence-electron chi connectivity index (χ1n) is 19.7. The van der Waals surface area contributed by atoms with E-state index >= 15 is 0 Å². The number of phenols is 1. The fraction of sp³-hybridized carbons (Fsp3) is 0.442. The molecule has 15 nitrogen and oxygen atoms in total. The van der Waals surface area contributed by atoms with Gasteiger partial charge in [-0.3, -0.25) is 14.3 Å². The number of fused-ring (bicyclic) bond motifs is 7. The lowest BCUT2D eigenvalue weighted by molar-refractivity contribution is -0.200. The summed E-state index contributed by atoms with van der Waals surface area (Å²) in [6.45, 7) is 5.67. The number of carbonyl (C=O) groups excluding carboxylic acids is 2. The van der Waals surface area contributed by atoms with Crippen molar-refractivity contribution in [1.82, 2.24) is 4.98 Å². The molecular weight excluding hydrogens is 781 g/mol. The van der Waals surface area contributed by atoms with Gasteiger partial charge in [-0.2, -0.15) is 10.2 Å². The maximum absolute atomic E-state index is 13.2. The van der Waals surface area contributed by atoms with E-state index in [9.17, 15) is 38.1 Å². The quantitative estimate of drug-likeness (QED) is 0.139. The number of aliphatic hydroxyl groups is 2. The standard InChI is InChI=1S/C25H34O6.C18H14N4O5S/c1-4-5-21-30-20-11-17-16-7-6-14-10-15(27)8-9-23(14,2)22(16)18(28)12-24(17,3)25(20,31-21)19(29)13-26;23-16-9-6-13(11-15(16)18(24)25)21-20-12-4-7-14(8-5-12)28(26,27)22-17-3-1-2-10-19-17/h8-10,16-18,20-22,26,28H,4-7,11-13H2,1-3H3;1-11,23H,(H,19,22)(H,24,25)/t16-,17-,18-,20+,21+,22+,23-,24-,25+;/m0./s1. The van der Waals surface area contributed by atoms with E-state index < -0.39 is 52.1 Å². The van der Waals surface area contributed by atoms with Crippen molar-refractivity contribution in [2.24, 2.45) is 38.8 Å². The Morgan fingerprint density at radius 1 is 1.05 bits per heavy atom. The molecule has 0 amide bonds. The number of hydrogen-bond acceptors (Lipinski definition) is 13. The van der Waals surface area contributed by atoms with Gasteiger partial charge in [-0.05, 0) is 111 Å². The Morgan fingerprint density at radius 3 is 2.46 bits per heavy atom. The van der Waals surface area contributed by atoms with E-state index in [2.05, 4.69) is 40.7 Å². The highest BCUT2D eigenvalue weighted by Crippen LogP contribution is 2.69. The van der Waals surface area contributed by atoms with Gasteiger partial charge in [0.1, 0.15) is 23.7 Å². The van der Waals surface area contributed by atoms with Crippen LogP contribution in [0.4, 0.5) is 17.2 Å². The highest BCUT2D eigenvalue weighted by molar-refractivity contribution is 7.92. The molecule has 2 aromatic carbocycles. The van der Waals surface area contributed by atoms with Crippen LogP contribution < -0.4 is 4.72 Å². The highest BCUT2D eigenvalue weighted by atomic mass is 32.2. The van der Waals surface area contributed by atoms with Gasteiger partial charge in [-0.1, -0.05) is 44.9 Å². The number of anilines is 1. The highest BCUT2D eigenvalue weighted by Gasteiger charge is 2.75. The topological polar surface area (TPSA) is 234 Å². The van der Waals surface area contributed by atoms with Crippen molar-refractivity contribution in [2.75, 3.05) is 11.3 Å². The first-order chi connectivity index (χ1) is 28.1. The molecule has 8 rings (SSSR count). The normalized spacial score (nSPS) is 31.9. The lowest BCUT2D eigenvalue weighted by atomic mass is 9.46. The molecule has 312 valence electrons. The summed E-state index contributed by atoms with van der Waals surface area (Å²) in [5, 5.41) is 47.7. The number of aromatic carboxylic acids is 1. The maximum atomic E-state index is 13.2. The zero-order valence-corrected chi connectivity index (χ0v) is 33.7. The number of carboxylic acid groups (broad SMARTS) is 1. The van der Waals surface area contributed by atoms with Crippen molar-refractivity contribution in [1.29, 1.82) is 0 Å². The largest absolute Gasteiger partial charge is 0.507 e. The van der Waals surface area contributed by atoms with Crippen molar-refractivity contribution in [2.45, 2.75) is 88.3 Å². The minimum Gasteiger partial charge on any atom is -0.507 e. The van der Waals surface area contributed by atoms with Crippen LogP contribution in [0, 0.1) is 28.6 Å². The summed E-state index contributed by atoms with van der Waals surface area (Å²) in [7, 11) is -3.79. The second-order valence-corrected chi connectivity index (χ2v) is 17.9. The van der Waals surface area contributed by atoms with Gasteiger partial charge in [0.15, 0.2) is 23.5 Å². The summed E-state index contributed by atoms with van der Waals surface area (Å²) in [5.41, 5.74) is -0.752. The smallest absolute Gasteiger partial charge is 0.339 e. The van der Waals surface area contributed by atoms with E-state index in [4.69, 9.17) is 14.6 Å². The van der Waals surface area contributed by atoms with Gasteiger partial charge in [0.25, 0.3) is 10.0 Å². The van der Waals surface area contributed by atoms with Crippen LogP contribution in [-0.2, 0) is 29.1 Å². The van der Waals surface area contributed by atoms with E-state index in [-0.39, 0.29) is 62.4 Å². The number of carbonyl (C=O) groups is 3. The molecule has 3 saturated carbocycles. The van der Waals surface area contributed by atoms with Crippen molar-refractivity contribution >= 4 is 44.8 Å². The van der Waals surface area contributed by atoms with Crippen LogP contribution in [0.5, 0.6) is 5.75 Å². The number of sulfonamides is 1. The number of aromatic hydroxyl groups is 1. The molecule has 0 spiro atoms. The fourth-order valence-electron chi connectivity index (χ4n) is 10.3. The van der Waals surface area contributed by atoms with Crippen LogP contribution in [0.25, 0.3) is 0 Å². The molecule has 1 saturated heterocycles. The first-order valence-corrected chi connectivity index (χ1v) is 21.2. The second kappa shape index (κ2) is 16.1. The lowest BCUT2D eigenvalue weighted by Crippen LogP contribution is -2.63. The number of allylic oxidation sites excluding steroid dienone is 4. The second-order valence-electron chi connectivity index (χ2n) is 16.2. The number of carboxylic acids is 1. The number of azo groups is 1. The average Bonchev–Trinajstić information content (AvgIpc) is 3.69. The minimum atomic E-state index is -3.79. The summed E-state index contributed by atoms with van der Waals surface area (Å²) >= 11 is 0. The Kier molecular flexibility index (Phi) is 11.5.